The molecular formula is C18H24Cl2N4O. The molecular weight excluding hydrogens is 359 g/mol. The minimum Gasteiger partial charge on any atom is -0.334 e. The summed E-state index contributed by atoms with van der Waals surface area (Å²) in [5, 5.41) is 8.36. The molecule has 1 aromatic carbocycles. The number of halogens is 2. The summed E-state index contributed by atoms with van der Waals surface area (Å²) in [6.07, 6.45) is 3.61. The highest BCUT2D eigenvalue weighted by molar-refractivity contribution is 6.32. The summed E-state index contributed by atoms with van der Waals surface area (Å²) in [7, 11) is 0. The topological polar surface area (TPSA) is 50.2 Å². The van der Waals surface area contributed by atoms with Crippen LogP contribution in [0.5, 0.6) is 0 Å². The van der Waals surface area contributed by atoms with Gasteiger partial charge < -0.3 is 10.2 Å². The molecule has 0 spiro atoms. The van der Waals surface area contributed by atoms with Crippen LogP contribution >= 0.6 is 24.0 Å². The van der Waals surface area contributed by atoms with Gasteiger partial charge in [0.2, 0.25) is 0 Å². The van der Waals surface area contributed by atoms with Crippen LogP contribution in [-0.2, 0) is 0 Å². The van der Waals surface area contributed by atoms with Gasteiger partial charge in [0.1, 0.15) is 0 Å². The Hall–Kier alpha value is -1.56. The van der Waals surface area contributed by atoms with E-state index in [0.717, 1.165) is 43.9 Å². The number of hydrogen-bond acceptors (Lipinski definition) is 3. The summed E-state index contributed by atoms with van der Waals surface area (Å²) in [5.41, 5.74) is 2.26. The van der Waals surface area contributed by atoms with Crippen molar-refractivity contribution < 1.29 is 4.79 Å². The standard InChI is InChI=1S/C18H23ClN4O.ClH/c1-3-10-22(14-8-9-20-11-14)18(24)15-12-21-23(13(15)2)17-7-5-4-6-16(17)19;/h4-7,12,14,20H,3,8-11H2,1-2H3;1H. The monoisotopic (exact) mass is 382 g/mol. The first-order chi connectivity index (χ1) is 11.6. The molecule has 1 atom stereocenters. The van der Waals surface area contributed by atoms with Crippen LogP contribution in [0, 0.1) is 6.92 Å². The highest BCUT2D eigenvalue weighted by atomic mass is 35.5. The van der Waals surface area contributed by atoms with Crippen LogP contribution in [0.2, 0.25) is 5.02 Å². The maximum atomic E-state index is 13.1. The van der Waals surface area contributed by atoms with Crippen molar-refractivity contribution in [2.45, 2.75) is 32.7 Å². The number of rotatable bonds is 5. The fourth-order valence-corrected chi connectivity index (χ4v) is 3.45. The normalized spacial score (nSPS) is 16.5. The fraction of sp³-hybridized carbons (Fsp3) is 0.444. The molecule has 25 heavy (non-hydrogen) atoms. The van der Waals surface area contributed by atoms with Crippen LogP contribution in [0.15, 0.2) is 30.5 Å². The second-order valence-electron chi connectivity index (χ2n) is 6.15. The molecule has 1 aliphatic heterocycles. The van der Waals surface area contributed by atoms with Crippen molar-refractivity contribution in [3.63, 3.8) is 0 Å². The van der Waals surface area contributed by atoms with E-state index in [-0.39, 0.29) is 24.4 Å². The molecule has 1 N–H and O–H groups in total. The van der Waals surface area contributed by atoms with Gasteiger partial charge in [0.25, 0.3) is 5.91 Å². The van der Waals surface area contributed by atoms with Gasteiger partial charge >= 0.3 is 0 Å². The van der Waals surface area contributed by atoms with E-state index in [1.165, 1.54) is 0 Å². The average Bonchev–Trinajstić information content (AvgIpc) is 3.22. The molecule has 5 nitrogen and oxygen atoms in total. The largest absolute Gasteiger partial charge is 0.334 e. The number of nitrogens with one attached hydrogen (secondary N) is 1. The molecule has 0 aliphatic carbocycles. The molecule has 1 saturated heterocycles. The van der Waals surface area contributed by atoms with Crippen molar-refractivity contribution >= 4 is 29.9 Å². The second-order valence-corrected chi connectivity index (χ2v) is 6.56. The third-order valence-corrected chi connectivity index (χ3v) is 4.84. The number of nitrogens with zero attached hydrogens (tertiary/aromatic N) is 3. The molecule has 1 unspecified atom stereocenters. The van der Waals surface area contributed by atoms with E-state index in [2.05, 4.69) is 17.3 Å². The molecule has 2 aromatic rings. The number of aromatic nitrogens is 2. The van der Waals surface area contributed by atoms with Crippen molar-refractivity contribution in [3.8, 4) is 5.69 Å². The van der Waals surface area contributed by atoms with E-state index in [1.54, 1.807) is 10.9 Å². The van der Waals surface area contributed by atoms with E-state index in [4.69, 9.17) is 11.6 Å². The second kappa shape index (κ2) is 8.70. The first-order valence-corrected chi connectivity index (χ1v) is 8.82. The van der Waals surface area contributed by atoms with Gasteiger partial charge in [-0.3, -0.25) is 4.79 Å². The molecule has 1 aromatic heterocycles. The van der Waals surface area contributed by atoms with Gasteiger partial charge in [0, 0.05) is 19.1 Å². The minimum absolute atomic E-state index is 0. The average molecular weight is 383 g/mol. The Morgan fingerprint density at radius 2 is 2.20 bits per heavy atom. The molecule has 0 radical (unpaired) electrons. The SMILES string of the molecule is CCCN(C(=O)c1cnn(-c2ccccc2Cl)c1C)C1CCNC1.Cl. The number of carbonyl (C=O) groups is 1. The van der Waals surface area contributed by atoms with E-state index in [1.807, 2.05) is 36.1 Å². The van der Waals surface area contributed by atoms with Gasteiger partial charge in [0.05, 0.1) is 28.2 Å². The number of carbonyl (C=O) groups excluding carboxylic acids is 1. The number of amides is 1. The molecule has 136 valence electrons. The smallest absolute Gasteiger partial charge is 0.257 e. The van der Waals surface area contributed by atoms with Crippen molar-refractivity contribution in [3.05, 3.63) is 46.7 Å². The lowest BCUT2D eigenvalue weighted by molar-refractivity contribution is 0.0691. The molecule has 2 heterocycles. The summed E-state index contributed by atoms with van der Waals surface area (Å²) in [5.74, 6) is 0.0568. The molecule has 7 heteroatoms. The summed E-state index contributed by atoms with van der Waals surface area (Å²) < 4.78 is 1.74. The van der Waals surface area contributed by atoms with Gasteiger partial charge in [-0.15, -0.1) is 12.4 Å². The lowest BCUT2D eigenvalue weighted by Crippen LogP contribution is -2.42. The quantitative estimate of drug-likeness (QED) is 0.860. The minimum atomic E-state index is 0. The summed E-state index contributed by atoms with van der Waals surface area (Å²) >= 11 is 6.27. The van der Waals surface area contributed by atoms with Gasteiger partial charge in [-0.2, -0.15) is 5.10 Å². The predicted octanol–water partition coefficient (Wildman–Crippen LogP) is 3.47. The van der Waals surface area contributed by atoms with Crippen LogP contribution in [0.25, 0.3) is 5.69 Å². The van der Waals surface area contributed by atoms with E-state index >= 15 is 0 Å². The van der Waals surface area contributed by atoms with Crippen LogP contribution in [0.3, 0.4) is 0 Å². The summed E-state index contributed by atoms with van der Waals surface area (Å²) in [6, 6.07) is 7.79. The van der Waals surface area contributed by atoms with Gasteiger partial charge in [-0.25, -0.2) is 4.68 Å². The van der Waals surface area contributed by atoms with Gasteiger partial charge in [0.15, 0.2) is 0 Å². The Balaban J connectivity index is 0.00000225. The Bertz CT molecular complexity index is 726. The van der Waals surface area contributed by atoms with Crippen LogP contribution < -0.4 is 5.32 Å². The van der Waals surface area contributed by atoms with Crippen LogP contribution in [-0.4, -0.2) is 46.3 Å². The summed E-state index contributed by atoms with van der Waals surface area (Å²) in [6.45, 7) is 6.62. The van der Waals surface area contributed by atoms with Crippen molar-refractivity contribution in [2.75, 3.05) is 19.6 Å². The maximum Gasteiger partial charge on any atom is 0.257 e. The lowest BCUT2D eigenvalue weighted by Gasteiger charge is -2.28. The third-order valence-electron chi connectivity index (χ3n) is 4.52. The first-order valence-electron chi connectivity index (χ1n) is 8.44. The van der Waals surface area contributed by atoms with E-state index < -0.39 is 0 Å². The molecule has 0 saturated carbocycles. The zero-order chi connectivity index (χ0) is 17.1. The van der Waals surface area contributed by atoms with Gasteiger partial charge in [-0.05, 0) is 38.4 Å². The van der Waals surface area contributed by atoms with Crippen molar-refractivity contribution in [1.82, 2.24) is 20.0 Å². The molecule has 1 fully saturated rings. The fourth-order valence-electron chi connectivity index (χ4n) is 3.24. The highest BCUT2D eigenvalue weighted by Crippen LogP contribution is 2.23. The Morgan fingerprint density at radius 1 is 1.44 bits per heavy atom. The first kappa shape index (κ1) is 19.8. The van der Waals surface area contributed by atoms with Crippen molar-refractivity contribution in [2.24, 2.45) is 0 Å². The highest BCUT2D eigenvalue weighted by Gasteiger charge is 2.28. The number of benzene rings is 1. The number of para-hydroxylation sites is 1. The Kier molecular flexibility index (Phi) is 6.87. The van der Waals surface area contributed by atoms with E-state index in [0.29, 0.717) is 10.6 Å². The molecule has 1 aliphatic rings. The third kappa shape index (κ3) is 4.00. The predicted molar refractivity (Wildman–Crippen MR) is 103 cm³/mol. The zero-order valence-corrected chi connectivity index (χ0v) is 16.1. The van der Waals surface area contributed by atoms with E-state index in [9.17, 15) is 4.79 Å². The molecule has 3 rings (SSSR count). The summed E-state index contributed by atoms with van der Waals surface area (Å²) in [4.78, 5) is 15.1. The Labute approximate surface area is 159 Å². The van der Waals surface area contributed by atoms with Crippen molar-refractivity contribution in [1.29, 1.82) is 0 Å². The van der Waals surface area contributed by atoms with Crippen LogP contribution in [0.1, 0.15) is 35.8 Å². The molecule has 0 bridgehead atoms. The van der Waals surface area contributed by atoms with Crippen LogP contribution in [0.4, 0.5) is 0 Å². The number of hydrogen-bond donors (Lipinski definition) is 1. The zero-order valence-electron chi connectivity index (χ0n) is 14.5. The lowest BCUT2D eigenvalue weighted by atomic mass is 10.1. The Morgan fingerprint density at radius 3 is 2.84 bits per heavy atom. The van der Waals surface area contributed by atoms with Gasteiger partial charge in [-0.1, -0.05) is 30.7 Å². The maximum absolute atomic E-state index is 13.1. The molecule has 1 amide bonds.